The summed E-state index contributed by atoms with van der Waals surface area (Å²) in [6.07, 6.45) is 0. The number of carbonyl (C=O) groups excluding carboxylic acids is 4. The highest BCUT2D eigenvalue weighted by molar-refractivity contribution is 6.22. The van der Waals surface area contributed by atoms with Gasteiger partial charge in [0.25, 0.3) is 11.8 Å². The number of hydrogen-bond acceptors (Lipinski definition) is 7. The molecule has 0 saturated heterocycles. The largest absolute Gasteiger partial charge is 0.497 e. The van der Waals surface area contributed by atoms with Crippen LogP contribution in [0.3, 0.4) is 0 Å². The maximum Gasteiger partial charge on any atom is 0.325 e. The van der Waals surface area contributed by atoms with Crippen LogP contribution in [0.5, 0.6) is 11.5 Å². The molecule has 0 aliphatic carbocycles. The second kappa shape index (κ2) is 9.51. The Labute approximate surface area is 185 Å². The SMILES string of the molecule is COC(=O)CN(Cc1cc(OC)cc(OC)c1)C(=O)C(C)N1C(=O)c2ccccc2C1=O. The molecule has 0 bridgehead atoms. The molecule has 0 fully saturated rings. The Hall–Kier alpha value is -3.88. The fourth-order valence-corrected chi connectivity index (χ4v) is 3.54. The summed E-state index contributed by atoms with van der Waals surface area (Å²) in [4.78, 5) is 53.1. The molecule has 9 nitrogen and oxygen atoms in total. The van der Waals surface area contributed by atoms with Gasteiger partial charge in [0.15, 0.2) is 0 Å². The number of benzene rings is 2. The lowest BCUT2D eigenvalue weighted by Crippen LogP contribution is -2.50. The van der Waals surface area contributed by atoms with E-state index in [-0.39, 0.29) is 24.2 Å². The molecule has 1 heterocycles. The van der Waals surface area contributed by atoms with Crippen molar-refractivity contribution in [2.24, 2.45) is 0 Å². The number of ether oxygens (including phenoxy) is 3. The van der Waals surface area contributed by atoms with E-state index in [0.717, 1.165) is 4.90 Å². The first-order chi connectivity index (χ1) is 15.3. The lowest BCUT2D eigenvalue weighted by Gasteiger charge is -2.29. The zero-order valence-electron chi connectivity index (χ0n) is 18.3. The summed E-state index contributed by atoms with van der Waals surface area (Å²) in [5.41, 5.74) is 1.12. The number of hydrogen-bond donors (Lipinski definition) is 0. The molecule has 2 aromatic carbocycles. The van der Waals surface area contributed by atoms with E-state index in [2.05, 4.69) is 0 Å². The Morgan fingerprint density at radius 2 is 1.47 bits per heavy atom. The summed E-state index contributed by atoms with van der Waals surface area (Å²) >= 11 is 0. The number of rotatable bonds is 8. The lowest BCUT2D eigenvalue weighted by molar-refractivity contribution is -0.148. The van der Waals surface area contributed by atoms with Crippen molar-refractivity contribution in [3.63, 3.8) is 0 Å². The van der Waals surface area contributed by atoms with Crippen LogP contribution < -0.4 is 9.47 Å². The van der Waals surface area contributed by atoms with Crippen molar-refractivity contribution in [1.82, 2.24) is 9.80 Å². The first kappa shape index (κ1) is 22.8. The van der Waals surface area contributed by atoms with Crippen molar-refractivity contribution >= 4 is 23.7 Å². The van der Waals surface area contributed by atoms with Gasteiger partial charge in [0.1, 0.15) is 24.1 Å². The zero-order valence-corrected chi connectivity index (χ0v) is 18.3. The maximum absolute atomic E-state index is 13.3. The fraction of sp³-hybridized carbons (Fsp3) is 0.304. The molecule has 0 radical (unpaired) electrons. The molecule has 3 amide bonds. The highest BCUT2D eigenvalue weighted by Crippen LogP contribution is 2.27. The van der Waals surface area contributed by atoms with E-state index < -0.39 is 29.7 Å². The van der Waals surface area contributed by atoms with Crippen LogP contribution >= 0.6 is 0 Å². The quantitative estimate of drug-likeness (QED) is 0.456. The summed E-state index contributed by atoms with van der Waals surface area (Å²) < 4.78 is 15.3. The summed E-state index contributed by atoms with van der Waals surface area (Å²) in [7, 11) is 4.22. The molecule has 0 spiro atoms. The minimum atomic E-state index is -1.13. The third kappa shape index (κ3) is 4.41. The minimum Gasteiger partial charge on any atom is -0.497 e. The van der Waals surface area contributed by atoms with Crippen LogP contribution in [0, 0.1) is 0 Å². The van der Waals surface area contributed by atoms with Crippen LogP contribution in [0.25, 0.3) is 0 Å². The predicted molar refractivity (Wildman–Crippen MR) is 113 cm³/mol. The second-order valence-corrected chi connectivity index (χ2v) is 7.19. The molecular weight excluding hydrogens is 416 g/mol. The van der Waals surface area contributed by atoms with E-state index in [0.29, 0.717) is 17.1 Å². The molecule has 0 N–H and O–H groups in total. The van der Waals surface area contributed by atoms with Crippen LogP contribution in [0.15, 0.2) is 42.5 Å². The number of carbonyl (C=O) groups is 4. The van der Waals surface area contributed by atoms with E-state index in [1.54, 1.807) is 42.5 Å². The summed E-state index contributed by atoms with van der Waals surface area (Å²) in [5, 5.41) is 0. The lowest BCUT2D eigenvalue weighted by atomic mass is 10.1. The monoisotopic (exact) mass is 440 g/mol. The Balaban J connectivity index is 1.89. The third-order valence-corrected chi connectivity index (χ3v) is 5.21. The van der Waals surface area contributed by atoms with Gasteiger partial charge in [-0.05, 0) is 36.8 Å². The predicted octanol–water partition coefficient (Wildman–Crippen LogP) is 1.89. The topological polar surface area (TPSA) is 102 Å². The van der Waals surface area contributed by atoms with Crippen molar-refractivity contribution in [2.45, 2.75) is 19.5 Å². The van der Waals surface area contributed by atoms with Crippen LogP contribution in [0.4, 0.5) is 0 Å². The summed E-state index contributed by atoms with van der Waals surface area (Å²) in [5.74, 6) is -1.29. The van der Waals surface area contributed by atoms with Crippen molar-refractivity contribution < 1.29 is 33.4 Å². The molecule has 0 saturated carbocycles. The smallest absolute Gasteiger partial charge is 0.325 e. The van der Waals surface area contributed by atoms with Crippen LogP contribution in [0.1, 0.15) is 33.2 Å². The van der Waals surface area contributed by atoms with Gasteiger partial charge in [-0.25, -0.2) is 0 Å². The molecule has 2 aromatic rings. The van der Waals surface area contributed by atoms with Crippen LogP contribution in [0.2, 0.25) is 0 Å². The van der Waals surface area contributed by atoms with Crippen molar-refractivity contribution in [3.8, 4) is 11.5 Å². The fourth-order valence-electron chi connectivity index (χ4n) is 3.54. The summed E-state index contributed by atoms with van der Waals surface area (Å²) in [6.45, 7) is 1.11. The van der Waals surface area contributed by atoms with Gasteiger partial charge >= 0.3 is 5.97 Å². The molecule has 1 unspecified atom stereocenters. The molecule has 1 aliphatic rings. The number of esters is 1. The highest BCUT2D eigenvalue weighted by Gasteiger charge is 2.42. The number of fused-ring (bicyclic) bond motifs is 1. The molecule has 3 rings (SSSR count). The van der Waals surface area contributed by atoms with E-state index in [9.17, 15) is 19.2 Å². The van der Waals surface area contributed by atoms with Gasteiger partial charge in [0.2, 0.25) is 5.91 Å². The van der Waals surface area contributed by atoms with E-state index in [4.69, 9.17) is 14.2 Å². The first-order valence-electron chi connectivity index (χ1n) is 9.85. The van der Waals surface area contributed by atoms with Crippen molar-refractivity contribution in [3.05, 3.63) is 59.2 Å². The summed E-state index contributed by atoms with van der Waals surface area (Å²) in [6, 6.07) is 10.3. The van der Waals surface area contributed by atoms with Gasteiger partial charge in [0.05, 0.1) is 32.5 Å². The Morgan fingerprint density at radius 1 is 0.938 bits per heavy atom. The van der Waals surface area contributed by atoms with E-state index in [1.165, 1.54) is 33.2 Å². The molecule has 168 valence electrons. The molecule has 9 heteroatoms. The second-order valence-electron chi connectivity index (χ2n) is 7.19. The van der Waals surface area contributed by atoms with Gasteiger partial charge in [-0.1, -0.05) is 12.1 Å². The number of methoxy groups -OCH3 is 3. The molecule has 0 aromatic heterocycles. The average Bonchev–Trinajstić information content (AvgIpc) is 3.07. The van der Waals surface area contributed by atoms with Crippen LogP contribution in [-0.2, 0) is 20.9 Å². The Bertz CT molecular complexity index is 1010. The van der Waals surface area contributed by atoms with Gasteiger partial charge in [-0.3, -0.25) is 24.1 Å². The van der Waals surface area contributed by atoms with E-state index in [1.807, 2.05) is 0 Å². The Kier molecular flexibility index (Phi) is 6.77. The van der Waals surface area contributed by atoms with Crippen LogP contribution in [-0.4, -0.2) is 67.4 Å². The van der Waals surface area contributed by atoms with Gasteiger partial charge < -0.3 is 19.1 Å². The van der Waals surface area contributed by atoms with E-state index >= 15 is 0 Å². The normalized spacial score (nSPS) is 13.4. The number of imide groups is 1. The number of amides is 3. The minimum absolute atomic E-state index is 0.00893. The van der Waals surface area contributed by atoms with Crippen molar-refractivity contribution in [2.75, 3.05) is 27.9 Å². The van der Waals surface area contributed by atoms with Gasteiger partial charge in [-0.15, -0.1) is 0 Å². The molecule has 1 aliphatic heterocycles. The number of nitrogens with zero attached hydrogens (tertiary/aromatic N) is 2. The van der Waals surface area contributed by atoms with Gasteiger partial charge in [-0.2, -0.15) is 0 Å². The Morgan fingerprint density at radius 3 is 1.94 bits per heavy atom. The highest BCUT2D eigenvalue weighted by atomic mass is 16.5. The molecule has 32 heavy (non-hydrogen) atoms. The van der Waals surface area contributed by atoms with Crippen molar-refractivity contribution in [1.29, 1.82) is 0 Å². The zero-order chi connectivity index (χ0) is 23.4. The third-order valence-electron chi connectivity index (χ3n) is 5.21. The average molecular weight is 440 g/mol. The standard InChI is InChI=1S/C23H24N2O7/c1-14(25-22(28)18-7-5-6-8-19(18)23(25)29)21(27)24(13-20(26)32-4)12-15-9-16(30-2)11-17(10-15)31-3/h5-11,14H,12-13H2,1-4H3. The maximum atomic E-state index is 13.3. The first-order valence-corrected chi connectivity index (χ1v) is 9.85. The molecule has 1 atom stereocenters. The molecular formula is C23H24N2O7. The van der Waals surface area contributed by atoms with Gasteiger partial charge in [0, 0.05) is 12.6 Å².